The first-order valence-electron chi connectivity index (χ1n) is 9.05. The molecule has 1 N–H and O–H groups in total. The minimum atomic E-state index is -0.354. The molecule has 8 heteroatoms. The SMILES string of the molecule is Cc1ccc(-c2cc(C(=O)NCc3ccc(F)cc3)n(-c3ccc(Cl)c(Cl)c3)n2)o1. The number of carbonyl (C=O) groups is 1. The van der Waals surface area contributed by atoms with Crippen LogP contribution >= 0.6 is 23.2 Å². The molecule has 0 saturated carbocycles. The number of aryl methyl sites for hydroxylation is 1. The van der Waals surface area contributed by atoms with E-state index in [9.17, 15) is 9.18 Å². The molecule has 0 bridgehead atoms. The Morgan fingerprint density at radius 3 is 2.50 bits per heavy atom. The molecule has 0 fully saturated rings. The molecule has 0 saturated heterocycles. The molecule has 30 heavy (non-hydrogen) atoms. The van der Waals surface area contributed by atoms with Crippen LogP contribution < -0.4 is 5.32 Å². The third-order valence-electron chi connectivity index (χ3n) is 4.45. The molecule has 1 amide bonds. The zero-order chi connectivity index (χ0) is 21.3. The van der Waals surface area contributed by atoms with Crippen LogP contribution in [0.2, 0.25) is 10.0 Å². The molecular formula is C22H16Cl2FN3O2. The normalized spacial score (nSPS) is 10.9. The highest BCUT2D eigenvalue weighted by atomic mass is 35.5. The molecule has 5 nitrogen and oxygen atoms in total. The molecule has 0 aliphatic carbocycles. The standard InChI is InChI=1S/C22H16Cl2FN3O2/c1-13-2-9-21(30-13)19-11-20(22(29)26-12-14-3-5-15(25)6-4-14)28(27-19)16-7-8-17(23)18(24)10-16/h2-11H,12H2,1H3,(H,26,29). The van der Waals surface area contributed by atoms with Crippen LogP contribution in [0.5, 0.6) is 0 Å². The number of rotatable bonds is 5. The number of benzene rings is 2. The third kappa shape index (κ3) is 4.25. The summed E-state index contributed by atoms with van der Waals surface area (Å²) in [4.78, 5) is 12.9. The number of nitrogens with zero attached hydrogens (tertiary/aromatic N) is 2. The second kappa shape index (κ2) is 8.34. The number of furan rings is 1. The number of amides is 1. The predicted molar refractivity (Wildman–Crippen MR) is 114 cm³/mol. The Morgan fingerprint density at radius 1 is 1.07 bits per heavy atom. The van der Waals surface area contributed by atoms with E-state index in [1.54, 1.807) is 42.5 Å². The second-order valence-corrected chi connectivity index (χ2v) is 7.46. The first-order valence-corrected chi connectivity index (χ1v) is 9.81. The maximum atomic E-state index is 13.1. The molecule has 4 aromatic rings. The fourth-order valence-corrected chi connectivity index (χ4v) is 3.22. The van der Waals surface area contributed by atoms with E-state index in [1.807, 2.05) is 13.0 Å². The molecular weight excluding hydrogens is 428 g/mol. The van der Waals surface area contributed by atoms with E-state index in [0.29, 0.717) is 32.9 Å². The van der Waals surface area contributed by atoms with Crippen molar-refractivity contribution < 1.29 is 13.6 Å². The Kier molecular flexibility index (Phi) is 5.61. The lowest BCUT2D eigenvalue weighted by Gasteiger charge is -2.09. The zero-order valence-electron chi connectivity index (χ0n) is 15.8. The van der Waals surface area contributed by atoms with Gasteiger partial charge in [0.05, 0.1) is 15.7 Å². The van der Waals surface area contributed by atoms with Crippen molar-refractivity contribution in [3.8, 4) is 17.1 Å². The smallest absolute Gasteiger partial charge is 0.270 e. The highest BCUT2D eigenvalue weighted by molar-refractivity contribution is 6.42. The van der Waals surface area contributed by atoms with Crippen LogP contribution in [0.1, 0.15) is 21.8 Å². The molecule has 2 aromatic carbocycles. The van der Waals surface area contributed by atoms with Crippen LogP contribution in [0, 0.1) is 12.7 Å². The Bertz CT molecular complexity index is 1220. The average molecular weight is 444 g/mol. The van der Waals surface area contributed by atoms with Gasteiger partial charge in [-0.15, -0.1) is 0 Å². The van der Waals surface area contributed by atoms with Crippen molar-refractivity contribution in [3.05, 3.63) is 93.5 Å². The lowest BCUT2D eigenvalue weighted by Crippen LogP contribution is -2.25. The molecule has 4 rings (SSSR count). The lowest BCUT2D eigenvalue weighted by molar-refractivity contribution is 0.0943. The zero-order valence-corrected chi connectivity index (χ0v) is 17.3. The maximum absolute atomic E-state index is 13.1. The van der Waals surface area contributed by atoms with Crippen LogP contribution in [-0.4, -0.2) is 15.7 Å². The van der Waals surface area contributed by atoms with Crippen LogP contribution in [0.25, 0.3) is 17.1 Å². The highest BCUT2D eigenvalue weighted by Gasteiger charge is 2.19. The summed E-state index contributed by atoms with van der Waals surface area (Å²) in [5.41, 5.74) is 2.14. The number of nitrogens with one attached hydrogen (secondary N) is 1. The fraction of sp³-hybridized carbons (Fsp3) is 0.0909. The van der Waals surface area contributed by atoms with Gasteiger partial charge in [0.25, 0.3) is 5.91 Å². The van der Waals surface area contributed by atoms with Gasteiger partial charge in [0.1, 0.15) is 23.0 Å². The summed E-state index contributed by atoms with van der Waals surface area (Å²) in [7, 11) is 0. The van der Waals surface area contributed by atoms with Gasteiger partial charge in [0, 0.05) is 12.6 Å². The van der Waals surface area contributed by atoms with E-state index in [4.69, 9.17) is 27.6 Å². The molecule has 0 aliphatic heterocycles. The molecule has 2 aromatic heterocycles. The van der Waals surface area contributed by atoms with Crippen LogP contribution in [0.4, 0.5) is 4.39 Å². The van der Waals surface area contributed by atoms with Crippen molar-refractivity contribution >= 4 is 29.1 Å². The second-order valence-electron chi connectivity index (χ2n) is 6.64. The van der Waals surface area contributed by atoms with E-state index >= 15 is 0 Å². The summed E-state index contributed by atoms with van der Waals surface area (Å²) in [6.45, 7) is 2.07. The Hall–Kier alpha value is -3.09. The minimum absolute atomic E-state index is 0.237. The number of hydrogen-bond acceptors (Lipinski definition) is 3. The van der Waals surface area contributed by atoms with Crippen molar-refractivity contribution in [1.29, 1.82) is 0 Å². The molecule has 0 radical (unpaired) electrons. The van der Waals surface area contributed by atoms with Gasteiger partial charge in [-0.3, -0.25) is 4.79 Å². The van der Waals surface area contributed by atoms with Crippen molar-refractivity contribution in [1.82, 2.24) is 15.1 Å². The quantitative estimate of drug-likeness (QED) is 0.422. The summed E-state index contributed by atoms with van der Waals surface area (Å²) < 4.78 is 20.2. The van der Waals surface area contributed by atoms with E-state index in [1.165, 1.54) is 16.8 Å². The maximum Gasteiger partial charge on any atom is 0.270 e. The van der Waals surface area contributed by atoms with Gasteiger partial charge in [-0.25, -0.2) is 9.07 Å². The van der Waals surface area contributed by atoms with Crippen molar-refractivity contribution in [3.63, 3.8) is 0 Å². The van der Waals surface area contributed by atoms with Crippen molar-refractivity contribution in [2.24, 2.45) is 0 Å². The van der Waals surface area contributed by atoms with Gasteiger partial charge in [-0.05, 0) is 55.0 Å². The fourth-order valence-electron chi connectivity index (χ4n) is 2.92. The van der Waals surface area contributed by atoms with Crippen LogP contribution in [0.3, 0.4) is 0 Å². The topological polar surface area (TPSA) is 60.1 Å². The van der Waals surface area contributed by atoms with Gasteiger partial charge in [0.2, 0.25) is 0 Å². The van der Waals surface area contributed by atoms with Gasteiger partial charge < -0.3 is 9.73 Å². The van der Waals surface area contributed by atoms with Crippen molar-refractivity contribution in [2.75, 3.05) is 0 Å². The Morgan fingerprint density at radius 2 is 1.83 bits per heavy atom. The van der Waals surface area contributed by atoms with E-state index in [0.717, 1.165) is 11.3 Å². The molecule has 0 unspecified atom stereocenters. The Labute approximate surface area is 182 Å². The van der Waals surface area contributed by atoms with E-state index < -0.39 is 0 Å². The Balaban J connectivity index is 1.68. The van der Waals surface area contributed by atoms with Crippen molar-refractivity contribution in [2.45, 2.75) is 13.5 Å². The first kappa shape index (κ1) is 20.2. The van der Waals surface area contributed by atoms with Crippen LogP contribution in [0.15, 0.2) is 65.1 Å². The molecule has 152 valence electrons. The third-order valence-corrected chi connectivity index (χ3v) is 5.19. The lowest BCUT2D eigenvalue weighted by atomic mass is 10.2. The largest absolute Gasteiger partial charge is 0.460 e. The van der Waals surface area contributed by atoms with Crippen LogP contribution in [-0.2, 0) is 6.54 Å². The van der Waals surface area contributed by atoms with Gasteiger partial charge in [-0.2, -0.15) is 5.10 Å². The highest BCUT2D eigenvalue weighted by Crippen LogP contribution is 2.27. The minimum Gasteiger partial charge on any atom is -0.460 e. The first-order chi connectivity index (χ1) is 14.4. The number of hydrogen-bond donors (Lipinski definition) is 1. The van der Waals surface area contributed by atoms with Gasteiger partial charge in [0.15, 0.2) is 5.76 Å². The molecule has 0 atom stereocenters. The average Bonchev–Trinajstić information content (AvgIpc) is 3.36. The summed E-state index contributed by atoms with van der Waals surface area (Å²) >= 11 is 12.2. The monoisotopic (exact) mass is 443 g/mol. The number of aromatic nitrogens is 2. The summed E-state index contributed by atoms with van der Waals surface area (Å²) in [6, 6.07) is 16.2. The van der Waals surface area contributed by atoms with Gasteiger partial charge in [-0.1, -0.05) is 35.3 Å². The predicted octanol–water partition coefficient (Wildman–Crippen LogP) is 5.82. The summed E-state index contributed by atoms with van der Waals surface area (Å²) in [5, 5.41) is 8.11. The van der Waals surface area contributed by atoms with Gasteiger partial charge >= 0.3 is 0 Å². The molecule has 2 heterocycles. The summed E-state index contributed by atoms with van der Waals surface area (Å²) in [5.74, 6) is 0.587. The number of carbonyl (C=O) groups excluding carboxylic acids is 1. The van der Waals surface area contributed by atoms with E-state index in [-0.39, 0.29) is 18.3 Å². The number of halogens is 3. The van der Waals surface area contributed by atoms with E-state index in [2.05, 4.69) is 10.4 Å². The molecule has 0 aliphatic rings. The molecule has 0 spiro atoms. The summed E-state index contributed by atoms with van der Waals surface area (Å²) in [6.07, 6.45) is 0.